The predicted molar refractivity (Wildman–Crippen MR) is 66.9 cm³/mol. The van der Waals surface area contributed by atoms with Gasteiger partial charge in [-0.25, -0.2) is 9.97 Å². The molecule has 0 aliphatic carbocycles. The van der Waals surface area contributed by atoms with E-state index in [0.29, 0.717) is 6.42 Å². The Bertz CT molecular complexity index is 477. The maximum absolute atomic E-state index is 4.49. The molecule has 2 aromatic heterocycles. The van der Waals surface area contributed by atoms with Crippen molar-refractivity contribution in [1.29, 1.82) is 0 Å². The fourth-order valence-electron chi connectivity index (χ4n) is 1.71. The lowest BCUT2D eigenvalue weighted by Crippen LogP contribution is -2.06. The monoisotopic (exact) mass is 231 g/mol. The van der Waals surface area contributed by atoms with Crippen molar-refractivity contribution >= 4 is 5.82 Å². The van der Waals surface area contributed by atoms with E-state index in [0.717, 1.165) is 30.4 Å². The molecule has 0 aliphatic heterocycles. The molecule has 0 bridgehead atoms. The molecule has 90 valence electrons. The summed E-state index contributed by atoms with van der Waals surface area (Å²) in [5.74, 6) is 1.84. The van der Waals surface area contributed by atoms with Crippen LogP contribution in [0.4, 0.5) is 5.82 Å². The number of imidazole rings is 1. The van der Waals surface area contributed by atoms with Crippen LogP contribution in [0.25, 0.3) is 0 Å². The molecule has 0 spiro atoms. The number of hydrogen-bond acceptors (Lipinski definition) is 4. The maximum Gasteiger partial charge on any atom is 0.144 e. The summed E-state index contributed by atoms with van der Waals surface area (Å²) >= 11 is 0. The Labute approximate surface area is 101 Å². The fourth-order valence-corrected chi connectivity index (χ4v) is 1.71. The number of anilines is 1. The van der Waals surface area contributed by atoms with Gasteiger partial charge in [-0.1, -0.05) is 0 Å². The smallest absolute Gasteiger partial charge is 0.144 e. The third kappa shape index (κ3) is 2.81. The van der Waals surface area contributed by atoms with Gasteiger partial charge in [0.05, 0.1) is 11.9 Å². The van der Waals surface area contributed by atoms with Crippen molar-refractivity contribution in [2.45, 2.75) is 26.8 Å². The van der Waals surface area contributed by atoms with Gasteiger partial charge in [0.25, 0.3) is 0 Å². The Hall–Kier alpha value is -1.91. The predicted octanol–water partition coefficient (Wildman–Crippen LogP) is 1.72. The lowest BCUT2D eigenvalue weighted by molar-refractivity contribution is 0.707. The number of nitrogens with one attached hydrogen (secondary N) is 1. The van der Waals surface area contributed by atoms with E-state index in [1.54, 1.807) is 12.4 Å². The summed E-state index contributed by atoms with van der Waals surface area (Å²) in [6, 6.07) is 0. The van der Waals surface area contributed by atoms with Gasteiger partial charge in [-0.05, 0) is 13.8 Å². The highest BCUT2D eigenvalue weighted by atomic mass is 15.1. The van der Waals surface area contributed by atoms with E-state index in [1.165, 1.54) is 0 Å². The van der Waals surface area contributed by atoms with Gasteiger partial charge in [0, 0.05) is 38.1 Å². The third-order valence-corrected chi connectivity index (χ3v) is 2.52. The van der Waals surface area contributed by atoms with Crippen LogP contribution in [0.15, 0.2) is 24.8 Å². The van der Waals surface area contributed by atoms with Crippen LogP contribution in [0.1, 0.15) is 25.4 Å². The summed E-state index contributed by atoms with van der Waals surface area (Å²) in [5, 5.41) is 3.16. The molecule has 0 saturated heterocycles. The highest BCUT2D eigenvalue weighted by molar-refractivity contribution is 5.31. The first-order valence-corrected chi connectivity index (χ1v) is 5.88. The van der Waals surface area contributed by atoms with Gasteiger partial charge in [-0.2, -0.15) is 0 Å². The number of nitrogens with zero attached hydrogens (tertiary/aromatic N) is 4. The van der Waals surface area contributed by atoms with Crippen molar-refractivity contribution in [3.8, 4) is 0 Å². The molecule has 0 unspecified atom stereocenters. The van der Waals surface area contributed by atoms with E-state index in [1.807, 2.05) is 19.3 Å². The molecule has 0 atom stereocenters. The maximum atomic E-state index is 4.49. The minimum Gasteiger partial charge on any atom is -0.369 e. The van der Waals surface area contributed by atoms with Gasteiger partial charge < -0.3 is 9.88 Å². The van der Waals surface area contributed by atoms with Crippen LogP contribution in [0.3, 0.4) is 0 Å². The van der Waals surface area contributed by atoms with Crippen molar-refractivity contribution in [2.24, 2.45) is 0 Å². The first-order chi connectivity index (χ1) is 8.33. The number of hydrogen-bond donors (Lipinski definition) is 1. The fraction of sp³-hybridized carbons (Fsp3) is 0.417. The van der Waals surface area contributed by atoms with Gasteiger partial charge in [-0.15, -0.1) is 0 Å². The van der Waals surface area contributed by atoms with Crippen molar-refractivity contribution in [3.63, 3.8) is 0 Å². The Balaban J connectivity index is 2.15. The summed E-state index contributed by atoms with van der Waals surface area (Å²) in [6.07, 6.45) is 8.04. The zero-order valence-electron chi connectivity index (χ0n) is 10.2. The third-order valence-electron chi connectivity index (χ3n) is 2.52. The van der Waals surface area contributed by atoms with Crippen LogP contribution in [0, 0.1) is 0 Å². The Kier molecular flexibility index (Phi) is 3.69. The normalized spacial score (nSPS) is 10.5. The summed E-state index contributed by atoms with van der Waals surface area (Å²) in [4.78, 5) is 13.0. The van der Waals surface area contributed by atoms with Crippen molar-refractivity contribution < 1.29 is 0 Å². The zero-order valence-corrected chi connectivity index (χ0v) is 10.2. The highest BCUT2D eigenvalue weighted by Gasteiger charge is 2.05. The van der Waals surface area contributed by atoms with Gasteiger partial charge in [0.15, 0.2) is 0 Å². The lowest BCUT2D eigenvalue weighted by atomic mass is 10.3. The Morgan fingerprint density at radius 1 is 1.29 bits per heavy atom. The summed E-state index contributed by atoms with van der Waals surface area (Å²) in [7, 11) is 0. The summed E-state index contributed by atoms with van der Waals surface area (Å²) < 4.78 is 2.11. The zero-order chi connectivity index (χ0) is 12.1. The van der Waals surface area contributed by atoms with Crippen molar-refractivity contribution in [3.05, 3.63) is 36.3 Å². The Morgan fingerprint density at radius 2 is 2.18 bits per heavy atom. The molecule has 2 heterocycles. The van der Waals surface area contributed by atoms with Crippen LogP contribution < -0.4 is 5.32 Å². The van der Waals surface area contributed by atoms with Crippen molar-refractivity contribution in [2.75, 3.05) is 11.9 Å². The molecule has 5 nitrogen and oxygen atoms in total. The topological polar surface area (TPSA) is 55.6 Å². The molecule has 2 rings (SSSR count). The molecular formula is C12H17N5. The molecule has 0 amide bonds. The van der Waals surface area contributed by atoms with E-state index in [-0.39, 0.29) is 0 Å². The molecule has 0 aliphatic rings. The highest BCUT2D eigenvalue weighted by Crippen LogP contribution is 2.07. The molecule has 0 fully saturated rings. The first-order valence-electron chi connectivity index (χ1n) is 5.88. The average Bonchev–Trinajstić information content (AvgIpc) is 2.77. The average molecular weight is 231 g/mol. The second-order valence-corrected chi connectivity index (χ2v) is 3.73. The van der Waals surface area contributed by atoms with Gasteiger partial charge in [0.2, 0.25) is 0 Å². The number of rotatable bonds is 5. The quantitative estimate of drug-likeness (QED) is 0.851. The van der Waals surface area contributed by atoms with E-state index >= 15 is 0 Å². The molecular weight excluding hydrogens is 214 g/mol. The van der Waals surface area contributed by atoms with E-state index < -0.39 is 0 Å². The summed E-state index contributed by atoms with van der Waals surface area (Å²) in [5.41, 5.74) is 0.935. The van der Waals surface area contributed by atoms with E-state index in [4.69, 9.17) is 0 Å². The minimum absolute atomic E-state index is 0.715. The van der Waals surface area contributed by atoms with Crippen LogP contribution in [0.2, 0.25) is 0 Å². The van der Waals surface area contributed by atoms with Crippen molar-refractivity contribution in [1.82, 2.24) is 19.5 Å². The van der Waals surface area contributed by atoms with E-state index in [9.17, 15) is 0 Å². The van der Waals surface area contributed by atoms with Crippen LogP contribution in [-0.2, 0) is 13.0 Å². The number of aryl methyl sites for hydroxylation is 1. The van der Waals surface area contributed by atoms with Crippen LogP contribution >= 0.6 is 0 Å². The van der Waals surface area contributed by atoms with Gasteiger partial charge >= 0.3 is 0 Å². The molecule has 1 N–H and O–H groups in total. The van der Waals surface area contributed by atoms with Gasteiger partial charge in [0.1, 0.15) is 11.6 Å². The van der Waals surface area contributed by atoms with Gasteiger partial charge in [-0.3, -0.25) is 4.98 Å². The summed E-state index contributed by atoms with van der Waals surface area (Å²) in [6.45, 7) is 5.92. The van der Waals surface area contributed by atoms with Crippen LogP contribution in [0.5, 0.6) is 0 Å². The van der Waals surface area contributed by atoms with Crippen LogP contribution in [-0.4, -0.2) is 26.1 Å². The molecule has 0 radical (unpaired) electrons. The molecule has 0 saturated carbocycles. The second-order valence-electron chi connectivity index (χ2n) is 3.73. The first kappa shape index (κ1) is 11.6. The van der Waals surface area contributed by atoms with E-state index in [2.05, 4.69) is 31.8 Å². The molecule has 0 aromatic carbocycles. The largest absolute Gasteiger partial charge is 0.369 e. The number of aromatic nitrogens is 4. The molecule has 2 aromatic rings. The minimum atomic E-state index is 0.715. The standard InChI is InChI=1S/C12H17N5/c1-3-14-11-9-13-8-10(16-11)7-12-15-5-6-17(12)4-2/h5-6,8-9H,3-4,7H2,1-2H3,(H,14,16). The molecule has 17 heavy (non-hydrogen) atoms. The Morgan fingerprint density at radius 3 is 2.94 bits per heavy atom. The molecule has 5 heteroatoms. The second kappa shape index (κ2) is 5.43. The lowest BCUT2D eigenvalue weighted by Gasteiger charge is -2.06. The SMILES string of the molecule is CCNc1cncc(Cc2nccn2CC)n1.